The molecule has 84 valence electrons. The number of carboxylic acids is 1. The minimum Gasteiger partial charge on any atom is -0.481 e. The lowest BCUT2D eigenvalue weighted by Gasteiger charge is -1.95. The molecule has 0 aromatic carbocycles. The predicted octanol–water partition coefficient (Wildman–Crippen LogP) is 2.84. The zero-order chi connectivity index (χ0) is 11.7. The number of thiophene rings is 1. The fraction of sp³-hybridized carbons (Fsp3) is 0.200. The van der Waals surface area contributed by atoms with Crippen molar-refractivity contribution in [2.24, 2.45) is 0 Å². The van der Waals surface area contributed by atoms with Crippen LogP contribution in [0.3, 0.4) is 0 Å². The van der Waals surface area contributed by atoms with Crippen LogP contribution in [0.5, 0.6) is 0 Å². The molecule has 0 saturated heterocycles. The third-order valence-corrected chi connectivity index (χ3v) is 3.94. The Balaban J connectivity index is 2.36. The average Bonchev–Trinajstić information content (AvgIpc) is 2.74. The molecule has 4 nitrogen and oxygen atoms in total. The van der Waals surface area contributed by atoms with E-state index in [4.69, 9.17) is 5.11 Å². The zero-order valence-corrected chi connectivity index (χ0v) is 10.9. The number of rotatable bonds is 3. The summed E-state index contributed by atoms with van der Waals surface area (Å²) in [5.74, 6) is -0.856. The van der Waals surface area contributed by atoms with Gasteiger partial charge in [-0.25, -0.2) is 0 Å². The molecule has 0 fully saturated rings. The van der Waals surface area contributed by atoms with Crippen molar-refractivity contribution in [2.45, 2.75) is 13.3 Å². The monoisotopic (exact) mass is 300 g/mol. The molecule has 6 heteroatoms. The summed E-state index contributed by atoms with van der Waals surface area (Å²) < 4.78 is 1.01. The Bertz CT molecular complexity index is 533. The van der Waals surface area contributed by atoms with Gasteiger partial charge in [0.1, 0.15) is 5.69 Å². The highest BCUT2D eigenvalue weighted by atomic mass is 79.9. The van der Waals surface area contributed by atoms with Crippen LogP contribution in [0, 0.1) is 6.92 Å². The number of aromatic amines is 1. The molecule has 0 saturated carbocycles. The van der Waals surface area contributed by atoms with Gasteiger partial charge in [0.25, 0.3) is 0 Å². The largest absolute Gasteiger partial charge is 0.481 e. The highest BCUT2D eigenvalue weighted by Gasteiger charge is 2.14. The third kappa shape index (κ3) is 2.17. The van der Waals surface area contributed by atoms with Crippen LogP contribution in [0.25, 0.3) is 10.6 Å². The molecule has 0 aliphatic heterocycles. The number of aliphatic carboxylic acids is 1. The number of aromatic nitrogens is 2. The number of H-pyrrole nitrogens is 1. The fourth-order valence-corrected chi connectivity index (χ4v) is 2.91. The average molecular weight is 301 g/mol. The number of nitrogens with zero attached hydrogens (tertiary/aromatic N) is 1. The predicted molar refractivity (Wildman–Crippen MR) is 65.7 cm³/mol. The van der Waals surface area contributed by atoms with E-state index >= 15 is 0 Å². The van der Waals surface area contributed by atoms with Crippen LogP contribution in [0.15, 0.2) is 15.9 Å². The topological polar surface area (TPSA) is 66.0 Å². The molecule has 0 atom stereocenters. The van der Waals surface area contributed by atoms with Crippen molar-refractivity contribution in [1.29, 1.82) is 0 Å². The third-order valence-electron chi connectivity index (χ3n) is 2.24. The SMILES string of the molecule is Cc1c(-c2cc(Br)cs2)n[nH]c1CC(=O)O. The van der Waals surface area contributed by atoms with Crippen LogP contribution in [0.4, 0.5) is 0 Å². The lowest BCUT2D eigenvalue weighted by molar-refractivity contribution is -0.136. The second-order valence-electron chi connectivity index (χ2n) is 3.38. The summed E-state index contributed by atoms with van der Waals surface area (Å²) in [5, 5.41) is 17.6. The molecule has 0 bridgehead atoms. The van der Waals surface area contributed by atoms with Gasteiger partial charge in [0.2, 0.25) is 0 Å². The molecule has 0 spiro atoms. The molecule has 0 unspecified atom stereocenters. The maximum Gasteiger partial charge on any atom is 0.309 e. The summed E-state index contributed by atoms with van der Waals surface area (Å²) in [6.45, 7) is 1.88. The van der Waals surface area contributed by atoms with Crippen LogP contribution >= 0.6 is 27.3 Å². The normalized spacial score (nSPS) is 10.6. The standard InChI is InChI=1S/C10H9BrN2O2S/c1-5-7(3-9(14)15)12-13-10(5)8-2-6(11)4-16-8/h2,4H,3H2,1H3,(H,12,13)(H,14,15). The smallest absolute Gasteiger partial charge is 0.309 e. The Hall–Kier alpha value is -1.14. The van der Waals surface area contributed by atoms with E-state index in [-0.39, 0.29) is 6.42 Å². The summed E-state index contributed by atoms with van der Waals surface area (Å²) >= 11 is 4.95. The van der Waals surface area contributed by atoms with Crippen molar-refractivity contribution < 1.29 is 9.90 Å². The minimum absolute atomic E-state index is 0.0224. The molecular formula is C10H9BrN2O2S. The quantitative estimate of drug-likeness (QED) is 0.916. The van der Waals surface area contributed by atoms with Crippen LogP contribution < -0.4 is 0 Å². The van der Waals surface area contributed by atoms with Gasteiger partial charge in [0, 0.05) is 15.5 Å². The van der Waals surface area contributed by atoms with Gasteiger partial charge in [0.05, 0.1) is 11.3 Å². The van der Waals surface area contributed by atoms with E-state index in [1.165, 1.54) is 0 Å². The first-order valence-corrected chi connectivity index (χ1v) is 6.25. The van der Waals surface area contributed by atoms with Gasteiger partial charge in [-0.3, -0.25) is 9.89 Å². The van der Waals surface area contributed by atoms with Crippen molar-refractivity contribution >= 4 is 33.2 Å². The molecule has 2 aromatic heterocycles. The lowest BCUT2D eigenvalue weighted by Crippen LogP contribution is -2.01. The maximum absolute atomic E-state index is 10.6. The summed E-state index contributed by atoms with van der Waals surface area (Å²) in [6, 6.07) is 1.97. The number of hydrogen-bond acceptors (Lipinski definition) is 3. The van der Waals surface area contributed by atoms with E-state index in [2.05, 4.69) is 26.1 Å². The Kier molecular flexibility index (Phi) is 3.11. The molecular weight excluding hydrogens is 292 g/mol. The van der Waals surface area contributed by atoms with Gasteiger partial charge >= 0.3 is 5.97 Å². The number of halogens is 1. The van der Waals surface area contributed by atoms with Gasteiger partial charge in [-0.15, -0.1) is 11.3 Å². The molecule has 0 radical (unpaired) electrons. The van der Waals surface area contributed by atoms with Crippen LogP contribution in [0.1, 0.15) is 11.3 Å². The molecule has 2 N–H and O–H groups in total. The lowest BCUT2D eigenvalue weighted by atomic mass is 10.1. The summed E-state index contributed by atoms with van der Waals surface area (Å²) in [6.07, 6.45) is -0.0224. The summed E-state index contributed by atoms with van der Waals surface area (Å²) in [4.78, 5) is 11.6. The van der Waals surface area contributed by atoms with E-state index in [0.29, 0.717) is 5.69 Å². The first-order chi connectivity index (χ1) is 7.58. The fourth-order valence-electron chi connectivity index (χ4n) is 1.43. The maximum atomic E-state index is 10.6. The summed E-state index contributed by atoms with van der Waals surface area (Å²) in [7, 11) is 0. The summed E-state index contributed by atoms with van der Waals surface area (Å²) in [5.41, 5.74) is 2.38. The zero-order valence-electron chi connectivity index (χ0n) is 8.45. The van der Waals surface area contributed by atoms with E-state index in [1.807, 2.05) is 18.4 Å². The van der Waals surface area contributed by atoms with Crippen molar-refractivity contribution in [3.05, 3.63) is 27.2 Å². The van der Waals surface area contributed by atoms with Gasteiger partial charge in [-0.1, -0.05) is 0 Å². The van der Waals surface area contributed by atoms with E-state index in [0.717, 1.165) is 20.6 Å². The molecule has 16 heavy (non-hydrogen) atoms. The van der Waals surface area contributed by atoms with Crippen LogP contribution in [-0.4, -0.2) is 21.3 Å². The number of carbonyl (C=O) groups is 1. The first kappa shape index (κ1) is 11.3. The molecule has 2 rings (SSSR count). The van der Waals surface area contributed by atoms with E-state index in [9.17, 15) is 4.79 Å². The van der Waals surface area contributed by atoms with Crippen LogP contribution in [0.2, 0.25) is 0 Å². The van der Waals surface area contributed by atoms with E-state index in [1.54, 1.807) is 11.3 Å². The van der Waals surface area contributed by atoms with Crippen molar-refractivity contribution in [1.82, 2.24) is 10.2 Å². The second kappa shape index (κ2) is 4.39. The first-order valence-electron chi connectivity index (χ1n) is 4.58. The highest BCUT2D eigenvalue weighted by Crippen LogP contribution is 2.31. The van der Waals surface area contributed by atoms with Gasteiger partial charge < -0.3 is 5.11 Å². The van der Waals surface area contributed by atoms with Gasteiger partial charge in [0.15, 0.2) is 0 Å². The van der Waals surface area contributed by atoms with Crippen molar-refractivity contribution in [2.75, 3.05) is 0 Å². The Labute approximate surface area is 104 Å². The highest BCUT2D eigenvalue weighted by molar-refractivity contribution is 9.10. The second-order valence-corrected chi connectivity index (χ2v) is 5.20. The molecule has 0 aliphatic rings. The Morgan fingerprint density at radius 1 is 1.69 bits per heavy atom. The van der Waals surface area contributed by atoms with Crippen LogP contribution in [-0.2, 0) is 11.2 Å². The Morgan fingerprint density at radius 3 is 3.00 bits per heavy atom. The number of nitrogens with one attached hydrogen (secondary N) is 1. The van der Waals surface area contributed by atoms with Crippen molar-refractivity contribution in [3.63, 3.8) is 0 Å². The minimum atomic E-state index is -0.856. The Morgan fingerprint density at radius 2 is 2.44 bits per heavy atom. The van der Waals surface area contributed by atoms with E-state index < -0.39 is 5.97 Å². The number of hydrogen-bond donors (Lipinski definition) is 2. The van der Waals surface area contributed by atoms with Gasteiger partial charge in [-0.2, -0.15) is 5.10 Å². The molecule has 0 aliphatic carbocycles. The van der Waals surface area contributed by atoms with Crippen molar-refractivity contribution in [3.8, 4) is 10.6 Å². The molecule has 2 heterocycles. The molecule has 0 amide bonds. The van der Waals surface area contributed by atoms with Gasteiger partial charge in [-0.05, 0) is 34.5 Å². The number of carboxylic acid groups (broad SMARTS) is 1. The molecule has 2 aromatic rings.